The average Bonchev–Trinajstić information content (AvgIpc) is 2.96. The van der Waals surface area contributed by atoms with Crippen molar-refractivity contribution in [2.75, 3.05) is 6.54 Å². The van der Waals surface area contributed by atoms with E-state index in [0.717, 1.165) is 55.8 Å². The standard InChI is InChI=1S/C33H36F3N3O10/c1-17(2)29-31(45)39(16-26(44)24(32(37,46)33(34,35)36)12-22-10-8-7-9-11-22)25(15-38(29)18(3)40)23-13-27(47-19(4)41)30(49-21(6)43)28(14-23)48-20(5)42/h7-11,13-15,17,24,29,46H,12,16,37H2,1-6H3. The van der Waals surface area contributed by atoms with E-state index in [0.29, 0.717) is 0 Å². The molecular weight excluding hydrogens is 655 g/mol. The number of alkyl halides is 3. The Bertz CT molecular complexity index is 1630. The lowest BCUT2D eigenvalue weighted by atomic mass is 9.84. The number of aliphatic hydroxyl groups is 1. The van der Waals surface area contributed by atoms with Crippen molar-refractivity contribution in [3.8, 4) is 17.2 Å². The first-order valence-electron chi connectivity index (χ1n) is 14.9. The van der Waals surface area contributed by atoms with Crippen LogP contribution in [0.5, 0.6) is 17.2 Å². The number of Topliss-reactive ketones (excluding diaryl/α,β-unsaturated/α-hetero) is 1. The molecule has 0 fully saturated rings. The number of ether oxygens (including phenoxy) is 3. The Morgan fingerprint density at radius 2 is 1.41 bits per heavy atom. The molecular formula is C33H36F3N3O10. The van der Waals surface area contributed by atoms with Crippen LogP contribution in [-0.2, 0) is 35.2 Å². The van der Waals surface area contributed by atoms with Crippen molar-refractivity contribution in [1.82, 2.24) is 9.80 Å². The summed E-state index contributed by atoms with van der Waals surface area (Å²) in [6.07, 6.45) is -4.98. The highest BCUT2D eigenvalue weighted by Crippen LogP contribution is 2.43. The summed E-state index contributed by atoms with van der Waals surface area (Å²) in [6.45, 7) is 6.31. The summed E-state index contributed by atoms with van der Waals surface area (Å²) in [7, 11) is 0. The van der Waals surface area contributed by atoms with Gasteiger partial charge in [-0.2, -0.15) is 13.2 Å². The van der Waals surface area contributed by atoms with E-state index in [9.17, 15) is 47.0 Å². The van der Waals surface area contributed by atoms with Gasteiger partial charge in [-0.3, -0.25) is 34.5 Å². The molecule has 1 aliphatic rings. The van der Waals surface area contributed by atoms with Gasteiger partial charge >= 0.3 is 24.1 Å². The minimum Gasteiger partial charge on any atom is -0.423 e. The Kier molecular flexibility index (Phi) is 11.7. The van der Waals surface area contributed by atoms with Crippen LogP contribution >= 0.6 is 0 Å². The highest BCUT2D eigenvalue weighted by atomic mass is 19.4. The number of hydrogen-bond donors (Lipinski definition) is 2. The highest BCUT2D eigenvalue weighted by molar-refractivity contribution is 6.00. The maximum atomic E-state index is 14.1. The summed E-state index contributed by atoms with van der Waals surface area (Å²) < 4.78 is 57.8. The van der Waals surface area contributed by atoms with Gasteiger partial charge in [0, 0.05) is 39.5 Å². The summed E-state index contributed by atoms with van der Waals surface area (Å²) in [4.78, 5) is 78.6. The number of rotatable bonds is 11. The van der Waals surface area contributed by atoms with Crippen molar-refractivity contribution >= 4 is 41.2 Å². The van der Waals surface area contributed by atoms with Crippen LogP contribution in [-0.4, -0.2) is 74.9 Å². The van der Waals surface area contributed by atoms with Crippen LogP contribution in [0, 0.1) is 11.8 Å². The van der Waals surface area contributed by atoms with E-state index >= 15 is 0 Å². The van der Waals surface area contributed by atoms with Gasteiger partial charge in [0.05, 0.1) is 18.2 Å². The van der Waals surface area contributed by atoms with Crippen LogP contribution in [0.1, 0.15) is 52.7 Å². The third-order valence-electron chi connectivity index (χ3n) is 7.41. The summed E-state index contributed by atoms with van der Waals surface area (Å²) in [5.74, 6) is -9.89. The molecule has 0 aromatic heterocycles. The number of carbonyl (C=O) groups is 6. The van der Waals surface area contributed by atoms with Crippen LogP contribution in [0.2, 0.25) is 0 Å². The monoisotopic (exact) mass is 691 g/mol. The van der Waals surface area contributed by atoms with Gasteiger partial charge in [0.25, 0.3) is 5.91 Å². The molecule has 2 aromatic carbocycles. The number of halogens is 3. The minimum atomic E-state index is -5.47. The zero-order chi connectivity index (χ0) is 37.0. The van der Waals surface area contributed by atoms with Crippen LogP contribution in [0.3, 0.4) is 0 Å². The Hall–Kier alpha value is -5.09. The maximum absolute atomic E-state index is 14.1. The normalized spacial score (nSPS) is 16.8. The third kappa shape index (κ3) is 8.88. The molecule has 1 aliphatic heterocycles. The first-order chi connectivity index (χ1) is 22.6. The lowest BCUT2D eigenvalue weighted by Gasteiger charge is -2.41. The lowest BCUT2D eigenvalue weighted by molar-refractivity contribution is -0.274. The average molecular weight is 692 g/mol. The molecule has 0 bridgehead atoms. The lowest BCUT2D eigenvalue weighted by Crippen LogP contribution is -2.63. The van der Waals surface area contributed by atoms with Crippen LogP contribution in [0.4, 0.5) is 13.2 Å². The molecule has 0 radical (unpaired) electrons. The van der Waals surface area contributed by atoms with Crippen LogP contribution < -0.4 is 19.9 Å². The molecule has 3 atom stereocenters. The largest absolute Gasteiger partial charge is 0.431 e. The number of ketones is 1. The number of hydrogen-bond acceptors (Lipinski definition) is 11. The summed E-state index contributed by atoms with van der Waals surface area (Å²) in [5, 5.41) is 10.5. The molecule has 2 aromatic rings. The Balaban J connectivity index is 2.31. The minimum absolute atomic E-state index is 0.156. The van der Waals surface area contributed by atoms with Gasteiger partial charge in [0.15, 0.2) is 17.3 Å². The molecule has 1 heterocycles. The topological polar surface area (TPSA) is 183 Å². The van der Waals surface area contributed by atoms with E-state index in [1.54, 1.807) is 19.9 Å². The zero-order valence-corrected chi connectivity index (χ0v) is 27.5. The van der Waals surface area contributed by atoms with Crippen molar-refractivity contribution in [2.24, 2.45) is 17.6 Å². The van der Waals surface area contributed by atoms with Crippen molar-refractivity contribution in [2.45, 2.75) is 65.9 Å². The molecule has 2 amide bonds. The molecule has 264 valence electrons. The van der Waals surface area contributed by atoms with Crippen LogP contribution in [0.25, 0.3) is 5.70 Å². The summed E-state index contributed by atoms with van der Waals surface area (Å²) in [6, 6.07) is 8.40. The Morgan fingerprint density at radius 3 is 1.84 bits per heavy atom. The summed E-state index contributed by atoms with van der Waals surface area (Å²) in [5.41, 5.74) is 1.16. The second-order valence-corrected chi connectivity index (χ2v) is 11.7. The maximum Gasteiger partial charge on any atom is 0.431 e. The smallest absolute Gasteiger partial charge is 0.423 e. The van der Waals surface area contributed by atoms with Gasteiger partial charge in [-0.15, -0.1) is 0 Å². The zero-order valence-electron chi connectivity index (χ0n) is 27.5. The number of benzene rings is 2. The van der Waals surface area contributed by atoms with E-state index in [4.69, 9.17) is 19.9 Å². The predicted molar refractivity (Wildman–Crippen MR) is 165 cm³/mol. The van der Waals surface area contributed by atoms with E-state index in [-0.39, 0.29) is 16.8 Å². The van der Waals surface area contributed by atoms with Crippen molar-refractivity contribution in [3.05, 3.63) is 59.8 Å². The predicted octanol–water partition coefficient (Wildman–Crippen LogP) is 3.11. The SMILES string of the molecule is CC(=O)Oc1cc(C2=CN(C(C)=O)C(C(C)C)C(=O)N2CC(=O)C(Cc2ccccc2)C(N)(O)C(F)(F)F)cc(OC(C)=O)c1OC(C)=O. The summed E-state index contributed by atoms with van der Waals surface area (Å²) >= 11 is 0. The highest BCUT2D eigenvalue weighted by Gasteiger charge is 2.58. The number of esters is 3. The Morgan fingerprint density at radius 1 is 0.898 bits per heavy atom. The second kappa shape index (κ2) is 15.0. The molecule has 3 unspecified atom stereocenters. The molecule has 13 nitrogen and oxygen atoms in total. The molecule has 16 heteroatoms. The number of nitrogens with two attached hydrogens (primary N) is 1. The second-order valence-electron chi connectivity index (χ2n) is 11.7. The van der Waals surface area contributed by atoms with Crippen molar-refractivity contribution < 1.29 is 61.3 Å². The van der Waals surface area contributed by atoms with E-state index in [1.807, 2.05) is 0 Å². The first-order valence-corrected chi connectivity index (χ1v) is 14.9. The number of amides is 2. The molecule has 3 rings (SSSR count). The number of carbonyl (C=O) groups excluding carboxylic acids is 6. The van der Waals surface area contributed by atoms with Gasteiger partial charge in [0.1, 0.15) is 6.04 Å². The molecule has 0 saturated carbocycles. The molecule has 3 N–H and O–H groups in total. The van der Waals surface area contributed by atoms with E-state index < -0.39 is 95.5 Å². The fourth-order valence-electron chi connectivity index (χ4n) is 5.22. The number of nitrogens with zero attached hydrogens (tertiary/aromatic N) is 2. The van der Waals surface area contributed by atoms with Crippen molar-refractivity contribution in [3.63, 3.8) is 0 Å². The van der Waals surface area contributed by atoms with E-state index in [2.05, 4.69) is 0 Å². The third-order valence-corrected chi connectivity index (χ3v) is 7.41. The van der Waals surface area contributed by atoms with Crippen LogP contribution in [0.15, 0.2) is 48.7 Å². The van der Waals surface area contributed by atoms with Gasteiger partial charge in [-0.1, -0.05) is 44.2 Å². The van der Waals surface area contributed by atoms with Gasteiger partial charge in [0.2, 0.25) is 17.4 Å². The van der Waals surface area contributed by atoms with E-state index in [1.165, 1.54) is 24.3 Å². The quantitative estimate of drug-likeness (QED) is 0.201. The Labute approximate surface area is 279 Å². The van der Waals surface area contributed by atoms with Gasteiger partial charge in [-0.05, 0) is 30.0 Å². The molecule has 0 aliphatic carbocycles. The van der Waals surface area contributed by atoms with Crippen molar-refractivity contribution in [1.29, 1.82) is 0 Å². The fourth-order valence-corrected chi connectivity index (χ4v) is 5.22. The molecule has 49 heavy (non-hydrogen) atoms. The fraction of sp³-hybridized carbons (Fsp3) is 0.394. The molecule has 0 saturated heterocycles. The first kappa shape index (κ1) is 38.4. The molecule has 0 spiro atoms. The van der Waals surface area contributed by atoms with Gasteiger partial charge < -0.3 is 29.1 Å². The van der Waals surface area contributed by atoms with Gasteiger partial charge in [-0.25, -0.2) is 0 Å².